The van der Waals surface area contributed by atoms with E-state index in [1.165, 1.54) is 6.92 Å². The Bertz CT molecular complexity index is 1870. The maximum absolute atomic E-state index is 12.4. The van der Waals surface area contributed by atoms with Crippen molar-refractivity contribution in [1.29, 1.82) is 0 Å². The van der Waals surface area contributed by atoms with Gasteiger partial charge in [0.2, 0.25) is 11.8 Å². The van der Waals surface area contributed by atoms with E-state index in [9.17, 15) is 14.7 Å². The predicted octanol–water partition coefficient (Wildman–Crippen LogP) is 7.00. The maximum Gasteiger partial charge on any atom is 0.220 e. The molecule has 0 spiro atoms. The van der Waals surface area contributed by atoms with Gasteiger partial charge in [0.05, 0.1) is 42.7 Å². The van der Waals surface area contributed by atoms with Gasteiger partial charge in [0.1, 0.15) is 0 Å². The number of fused-ring (bicyclic) bond motifs is 1. The molecular weight excluding hydrogens is 628 g/mol. The zero-order chi connectivity index (χ0) is 34.9. The number of nitrogens with one attached hydrogen (secondary N) is 2. The summed E-state index contributed by atoms with van der Waals surface area (Å²) in [6.07, 6.45) is 3.98. The minimum absolute atomic E-state index is 0.00362. The van der Waals surface area contributed by atoms with Crippen LogP contribution in [0.3, 0.4) is 0 Å². The molecule has 2 amide bonds. The summed E-state index contributed by atoms with van der Waals surface area (Å²) >= 11 is 0. The van der Waals surface area contributed by atoms with Gasteiger partial charge in [-0.25, -0.2) is 4.98 Å². The van der Waals surface area contributed by atoms with Crippen molar-refractivity contribution in [3.05, 3.63) is 126 Å². The van der Waals surface area contributed by atoms with E-state index in [0.717, 1.165) is 63.7 Å². The lowest BCUT2D eigenvalue weighted by Gasteiger charge is -2.41. The van der Waals surface area contributed by atoms with Gasteiger partial charge in [0.25, 0.3) is 0 Å². The highest BCUT2D eigenvalue weighted by molar-refractivity contribution is 5.76. The Balaban J connectivity index is 1.12. The number of benzene rings is 4. The highest BCUT2D eigenvalue weighted by Crippen LogP contribution is 2.42. The Kier molecular flexibility index (Phi) is 11.7. The Hall–Kier alpha value is -4.83. The molecule has 0 saturated carbocycles. The second-order valence-corrected chi connectivity index (χ2v) is 13.1. The molecule has 1 aliphatic heterocycles. The van der Waals surface area contributed by atoms with E-state index in [1.807, 2.05) is 60.9 Å². The summed E-state index contributed by atoms with van der Waals surface area (Å²) in [5, 5.41) is 15.4. The third-order valence-electron chi connectivity index (χ3n) is 9.41. The first kappa shape index (κ1) is 35.0. The number of unbranched alkanes of at least 4 members (excludes halogenated alkanes) is 2. The lowest BCUT2D eigenvalue weighted by Crippen LogP contribution is -2.39. The lowest BCUT2D eigenvalue weighted by atomic mass is 9.90. The fraction of sp³-hybridized carbons (Fsp3) is 0.341. The number of hydrogen-bond donors (Lipinski definition) is 3. The van der Waals surface area contributed by atoms with E-state index in [-0.39, 0.29) is 36.5 Å². The summed E-state index contributed by atoms with van der Waals surface area (Å²) in [5.41, 5.74) is 8.01. The summed E-state index contributed by atoms with van der Waals surface area (Å²) in [5.74, 6) is 0.0524. The van der Waals surface area contributed by atoms with E-state index in [0.29, 0.717) is 26.1 Å². The van der Waals surface area contributed by atoms with Crippen molar-refractivity contribution < 1.29 is 24.2 Å². The quantitative estimate of drug-likeness (QED) is 0.109. The molecule has 260 valence electrons. The van der Waals surface area contributed by atoms with Crippen LogP contribution in [-0.2, 0) is 38.8 Å². The molecule has 9 heteroatoms. The Morgan fingerprint density at radius 3 is 2.38 bits per heavy atom. The van der Waals surface area contributed by atoms with Crippen molar-refractivity contribution in [3.63, 3.8) is 0 Å². The van der Waals surface area contributed by atoms with Crippen LogP contribution < -0.4 is 10.6 Å². The zero-order valence-corrected chi connectivity index (χ0v) is 28.8. The number of carbonyl (C=O) groups is 2. The first-order valence-corrected chi connectivity index (χ1v) is 17.5. The molecule has 9 nitrogen and oxygen atoms in total. The fourth-order valence-corrected chi connectivity index (χ4v) is 6.51. The van der Waals surface area contributed by atoms with Crippen LogP contribution in [0.15, 0.2) is 103 Å². The summed E-state index contributed by atoms with van der Waals surface area (Å²) in [7, 11) is 0. The van der Waals surface area contributed by atoms with E-state index in [2.05, 4.69) is 69.6 Å². The van der Waals surface area contributed by atoms with Crippen LogP contribution in [0.25, 0.3) is 22.2 Å². The molecule has 0 aliphatic carbocycles. The number of imidazole rings is 1. The fourth-order valence-electron chi connectivity index (χ4n) is 6.51. The van der Waals surface area contributed by atoms with E-state index in [4.69, 9.17) is 9.47 Å². The van der Waals surface area contributed by atoms with E-state index < -0.39 is 6.29 Å². The molecule has 0 unspecified atom stereocenters. The summed E-state index contributed by atoms with van der Waals surface area (Å²) < 4.78 is 15.6. The maximum atomic E-state index is 12.4. The van der Waals surface area contributed by atoms with Crippen LogP contribution in [0.2, 0.25) is 0 Å². The third kappa shape index (κ3) is 8.84. The highest BCUT2D eigenvalue weighted by Gasteiger charge is 2.38. The number of para-hydroxylation sites is 2. The van der Waals surface area contributed by atoms with Gasteiger partial charge in [-0.3, -0.25) is 9.59 Å². The summed E-state index contributed by atoms with van der Waals surface area (Å²) in [6, 6.07) is 32.6. The molecule has 4 atom stereocenters. The Morgan fingerprint density at radius 2 is 1.60 bits per heavy atom. The van der Waals surface area contributed by atoms with Gasteiger partial charge in [0, 0.05) is 37.9 Å². The number of aliphatic hydroxyl groups is 1. The highest BCUT2D eigenvalue weighted by atomic mass is 16.7. The molecule has 1 saturated heterocycles. The smallest absolute Gasteiger partial charge is 0.220 e. The van der Waals surface area contributed by atoms with Crippen molar-refractivity contribution in [2.24, 2.45) is 5.92 Å². The first-order valence-electron chi connectivity index (χ1n) is 17.5. The molecule has 50 heavy (non-hydrogen) atoms. The predicted molar refractivity (Wildman–Crippen MR) is 194 cm³/mol. The van der Waals surface area contributed by atoms with Crippen LogP contribution in [-0.4, -0.2) is 39.1 Å². The molecule has 4 aromatic carbocycles. The van der Waals surface area contributed by atoms with E-state index in [1.54, 1.807) is 0 Å². The normalized spacial score (nSPS) is 18.9. The third-order valence-corrected chi connectivity index (χ3v) is 9.41. The average Bonchev–Trinajstić information content (AvgIpc) is 3.55. The van der Waals surface area contributed by atoms with E-state index >= 15 is 0 Å². The second-order valence-electron chi connectivity index (χ2n) is 13.1. The topological polar surface area (TPSA) is 115 Å². The van der Waals surface area contributed by atoms with Gasteiger partial charge in [-0.2, -0.15) is 0 Å². The Morgan fingerprint density at radius 1 is 0.820 bits per heavy atom. The largest absolute Gasteiger partial charge is 0.392 e. The molecule has 1 aromatic heterocycles. The van der Waals surface area contributed by atoms with Crippen LogP contribution in [0, 0.1) is 5.92 Å². The van der Waals surface area contributed by atoms with Crippen molar-refractivity contribution in [1.82, 2.24) is 20.2 Å². The number of ether oxygens (including phenoxy) is 2. The van der Waals surface area contributed by atoms with Crippen molar-refractivity contribution in [3.8, 4) is 11.1 Å². The SMILES string of the molecule is CC(=O)NCCCCCC(=O)NCc1cccc(-c2ccc([C@H]3O[C@@H](Cn4cnc5ccccc54)[C@@H](C)[C@@H](c4ccc(CO)cc4)O3)cc2)c1. The molecule has 0 radical (unpaired) electrons. The van der Waals surface area contributed by atoms with Crippen molar-refractivity contribution >= 4 is 22.8 Å². The van der Waals surface area contributed by atoms with Gasteiger partial charge in [-0.1, -0.05) is 92.2 Å². The molecular formula is C41H46N4O5. The second kappa shape index (κ2) is 16.7. The number of aliphatic hydroxyl groups excluding tert-OH is 1. The van der Waals surface area contributed by atoms with Gasteiger partial charge in [0.15, 0.2) is 6.29 Å². The number of carbonyl (C=O) groups excluding carboxylic acids is 2. The molecule has 6 rings (SSSR count). The van der Waals surface area contributed by atoms with Crippen LogP contribution in [0.4, 0.5) is 0 Å². The van der Waals surface area contributed by atoms with Crippen LogP contribution in [0.5, 0.6) is 0 Å². The minimum Gasteiger partial charge on any atom is -0.392 e. The van der Waals surface area contributed by atoms with Crippen molar-refractivity contribution in [2.75, 3.05) is 6.54 Å². The average molecular weight is 675 g/mol. The first-order chi connectivity index (χ1) is 24.4. The summed E-state index contributed by atoms with van der Waals surface area (Å²) in [6.45, 7) is 5.42. The summed E-state index contributed by atoms with van der Waals surface area (Å²) in [4.78, 5) is 28.0. The lowest BCUT2D eigenvalue weighted by molar-refractivity contribution is -0.276. The molecule has 1 fully saturated rings. The van der Waals surface area contributed by atoms with Gasteiger partial charge in [-0.05, 0) is 58.9 Å². The van der Waals surface area contributed by atoms with Crippen LogP contribution in [0.1, 0.15) is 74.2 Å². The molecule has 1 aliphatic rings. The monoisotopic (exact) mass is 674 g/mol. The molecule has 5 aromatic rings. The van der Waals surface area contributed by atoms with Crippen molar-refractivity contribution in [2.45, 2.75) is 77.7 Å². The number of aromatic nitrogens is 2. The minimum atomic E-state index is -0.575. The Labute approximate surface area is 293 Å². The van der Waals surface area contributed by atoms with Gasteiger partial charge < -0.3 is 29.8 Å². The van der Waals surface area contributed by atoms with Gasteiger partial charge in [-0.15, -0.1) is 0 Å². The number of amides is 2. The molecule has 2 heterocycles. The standard InChI is InChI=1S/C41H46N4O5/c1-28-38(25-45-27-44-36-11-5-6-12-37(36)45)49-41(50-40(28)33-16-14-30(26-46)15-17-33)34-20-18-32(19-21-34)35-10-8-9-31(23-35)24-43-39(48)13-4-3-7-22-42-29(2)47/h5-6,8-12,14-21,23,27-28,38,40-41,46H,3-4,7,13,22,24-26H2,1-2H3,(H,42,47)(H,43,48)/t28-,38+,40+,41+/m1/s1. The van der Waals surface area contributed by atoms with Gasteiger partial charge >= 0.3 is 0 Å². The molecule has 0 bridgehead atoms. The number of hydrogen-bond acceptors (Lipinski definition) is 6. The number of rotatable bonds is 14. The molecule has 3 N–H and O–H groups in total. The number of nitrogens with zero attached hydrogens (tertiary/aromatic N) is 2. The zero-order valence-electron chi connectivity index (χ0n) is 28.8. The van der Waals surface area contributed by atoms with Crippen LogP contribution >= 0.6 is 0 Å².